The Balaban J connectivity index is 1.49. The third kappa shape index (κ3) is 4.66. The Morgan fingerprint density at radius 1 is 1.38 bits per heavy atom. The van der Waals surface area contributed by atoms with Crippen molar-refractivity contribution in [3.05, 3.63) is 24.3 Å². The quantitative estimate of drug-likeness (QED) is 0.756. The second-order valence-electron chi connectivity index (χ2n) is 7.36. The molecule has 0 spiro atoms. The number of nitrogens with one attached hydrogen (secondary N) is 3. The van der Waals surface area contributed by atoms with Crippen LogP contribution in [-0.4, -0.2) is 55.7 Å². The van der Waals surface area contributed by atoms with E-state index in [0.29, 0.717) is 31.4 Å². The van der Waals surface area contributed by atoms with Gasteiger partial charge in [0.15, 0.2) is 0 Å². The van der Waals surface area contributed by atoms with Crippen molar-refractivity contribution >= 4 is 23.4 Å². The molecule has 142 valence electrons. The lowest BCUT2D eigenvalue weighted by molar-refractivity contribution is 0.138. The van der Waals surface area contributed by atoms with Gasteiger partial charge in [0.2, 0.25) is 0 Å². The fourth-order valence-corrected chi connectivity index (χ4v) is 3.64. The Kier molecular flexibility index (Phi) is 5.98. The van der Waals surface area contributed by atoms with Gasteiger partial charge in [-0.25, -0.2) is 9.59 Å². The molecule has 2 aliphatic rings. The zero-order chi connectivity index (χ0) is 18.5. The van der Waals surface area contributed by atoms with Gasteiger partial charge in [0.05, 0.1) is 0 Å². The highest BCUT2D eigenvalue weighted by molar-refractivity contribution is 5.95. The van der Waals surface area contributed by atoms with E-state index in [0.717, 1.165) is 24.7 Å². The van der Waals surface area contributed by atoms with Crippen LogP contribution in [-0.2, 0) is 0 Å². The summed E-state index contributed by atoms with van der Waals surface area (Å²) in [7, 11) is 0. The molecule has 2 aliphatic heterocycles. The largest absolute Gasteiger partial charge is 0.336 e. The van der Waals surface area contributed by atoms with E-state index < -0.39 is 0 Å². The fraction of sp³-hybridized carbons (Fsp3) is 0.579. The summed E-state index contributed by atoms with van der Waals surface area (Å²) in [6, 6.07) is 7.36. The Hall–Kier alpha value is -2.28. The smallest absolute Gasteiger partial charge is 0.321 e. The summed E-state index contributed by atoms with van der Waals surface area (Å²) >= 11 is 0. The first kappa shape index (κ1) is 18.5. The molecule has 3 N–H and O–H groups in total. The first-order valence-electron chi connectivity index (χ1n) is 9.47. The molecule has 4 amide bonds. The van der Waals surface area contributed by atoms with Gasteiger partial charge in [-0.05, 0) is 50.4 Å². The number of nitrogens with zero attached hydrogens (tertiary/aromatic N) is 2. The van der Waals surface area contributed by atoms with Crippen LogP contribution >= 0.6 is 0 Å². The van der Waals surface area contributed by atoms with E-state index in [1.54, 1.807) is 4.90 Å². The molecule has 7 nitrogen and oxygen atoms in total. The van der Waals surface area contributed by atoms with E-state index in [1.807, 2.05) is 24.3 Å². The Labute approximate surface area is 155 Å². The fourth-order valence-electron chi connectivity index (χ4n) is 3.64. The van der Waals surface area contributed by atoms with Crippen molar-refractivity contribution in [1.82, 2.24) is 15.5 Å². The molecule has 0 aromatic heterocycles. The van der Waals surface area contributed by atoms with E-state index >= 15 is 0 Å². The summed E-state index contributed by atoms with van der Waals surface area (Å²) in [6.45, 7) is 8.55. The monoisotopic (exact) mass is 359 g/mol. The Morgan fingerprint density at radius 3 is 2.96 bits per heavy atom. The molecule has 0 bridgehead atoms. The molecule has 0 aliphatic carbocycles. The number of rotatable bonds is 5. The summed E-state index contributed by atoms with van der Waals surface area (Å²) in [5, 5.41) is 8.59. The number of urea groups is 2. The van der Waals surface area contributed by atoms with Gasteiger partial charge in [-0.2, -0.15) is 0 Å². The summed E-state index contributed by atoms with van der Waals surface area (Å²) in [6.07, 6.45) is 2.52. The summed E-state index contributed by atoms with van der Waals surface area (Å²) in [4.78, 5) is 28.1. The molecule has 2 saturated heterocycles. The summed E-state index contributed by atoms with van der Waals surface area (Å²) in [5.41, 5.74) is 1.47. The molecule has 1 aromatic carbocycles. The van der Waals surface area contributed by atoms with Crippen LogP contribution in [0.1, 0.15) is 26.7 Å². The molecule has 3 rings (SSSR count). The predicted molar refractivity (Wildman–Crippen MR) is 104 cm³/mol. The van der Waals surface area contributed by atoms with Gasteiger partial charge < -0.3 is 16.0 Å². The van der Waals surface area contributed by atoms with Crippen molar-refractivity contribution in [2.45, 2.75) is 32.7 Å². The van der Waals surface area contributed by atoms with Crippen molar-refractivity contribution in [2.75, 3.05) is 42.9 Å². The van der Waals surface area contributed by atoms with Crippen LogP contribution in [0.2, 0.25) is 0 Å². The number of anilines is 2. The maximum atomic E-state index is 12.2. The van der Waals surface area contributed by atoms with Gasteiger partial charge in [0, 0.05) is 43.6 Å². The minimum atomic E-state index is -0.218. The maximum absolute atomic E-state index is 12.2. The van der Waals surface area contributed by atoms with Crippen molar-refractivity contribution in [2.24, 2.45) is 5.92 Å². The highest BCUT2D eigenvalue weighted by Gasteiger charge is 2.22. The third-order valence-corrected chi connectivity index (χ3v) is 5.14. The molecule has 1 aromatic rings. The first-order chi connectivity index (χ1) is 12.5. The predicted octanol–water partition coefficient (Wildman–Crippen LogP) is 2.46. The number of carbonyl (C=O) groups is 2. The maximum Gasteiger partial charge on any atom is 0.321 e. The average molecular weight is 359 g/mol. The molecular formula is C19H29N5O2. The number of benzene rings is 1. The number of hydrogen-bond donors (Lipinski definition) is 3. The van der Waals surface area contributed by atoms with Crippen molar-refractivity contribution in [3.63, 3.8) is 0 Å². The number of amides is 4. The minimum absolute atomic E-state index is 0.101. The molecule has 26 heavy (non-hydrogen) atoms. The zero-order valence-electron chi connectivity index (χ0n) is 15.6. The van der Waals surface area contributed by atoms with E-state index in [1.165, 1.54) is 12.8 Å². The van der Waals surface area contributed by atoms with Gasteiger partial charge in [0.1, 0.15) is 0 Å². The van der Waals surface area contributed by atoms with Crippen LogP contribution in [0.5, 0.6) is 0 Å². The van der Waals surface area contributed by atoms with Gasteiger partial charge in [-0.1, -0.05) is 13.0 Å². The molecule has 0 unspecified atom stereocenters. The lowest BCUT2D eigenvalue weighted by Gasteiger charge is -2.35. The summed E-state index contributed by atoms with van der Waals surface area (Å²) < 4.78 is 0. The van der Waals surface area contributed by atoms with Gasteiger partial charge in [0.25, 0.3) is 0 Å². The van der Waals surface area contributed by atoms with Gasteiger partial charge in [-0.15, -0.1) is 0 Å². The highest BCUT2D eigenvalue weighted by Crippen LogP contribution is 2.21. The minimum Gasteiger partial charge on any atom is -0.336 e. The second kappa shape index (κ2) is 8.40. The molecule has 2 heterocycles. The number of piperidine rings is 1. The molecule has 0 radical (unpaired) electrons. The van der Waals surface area contributed by atoms with Crippen LogP contribution in [0.4, 0.5) is 21.0 Å². The van der Waals surface area contributed by atoms with Crippen molar-refractivity contribution in [1.29, 1.82) is 0 Å². The normalized spacial score (nSPS) is 22.0. The number of likely N-dealkylation sites (tertiary alicyclic amines) is 1. The Bertz CT molecular complexity index is 651. The molecule has 2 fully saturated rings. The number of carbonyl (C=O) groups excluding carboxylic acids is 2. The van der Waals surface area contributed by atoms with Gasteiger partial charge >= 0.3 is 12.1 Å². The van der Waals surface area contributed by atoms with E-state index in [-0.39, 0.29) is 12.1 Å². The lowest BCUT2D eigenvalue weighted by Crippen LogP contribution is -2.47. The van der Waals surface area contributed by atoms with Crippen LogP contribution in [0.15, 0.2) is 24.3 Å². The van der Waals surface area contributed by atoms with Crippen LogP contribution in [0.25, 0.3) is 0 Å². The SMILES string of the molecule is C[C@H]1CCCN([C@H](C)CNC(=O)Nc2cccc(N3CCNC3=O)c2)C1. The highest BCUT2D eigenvalue weighted by atomic mass is 16.2. The molecule has 7 heteroatoms. The zero-order valence-corrected chi connectivity index (χ0v) is 15.6. The topological polar surface area (TPSA) is 76.7 Å². The molecule has 2 atom stereocenters. The van der Waals surface area contributed by atoms with E-state index in [2.05, 4.69) is 34.7 Å². The van der Waals surface area contributed by atoms with Crippen LogP contribution in [0, 0.1) is 5.92 Å². The van der Waals surface area contributed by atoms with E-state index in [9.17, 15) is 9.59 Å². The first-order valence-corrected chi connectivity index (χ1v) is 9.47. The third-order valence-electron chi connectivity index (χ3n) is 5.14. The molecular weight excluding hydrogens is 330 g/mol. The lowest BCUT2D eigenvalue weighted by atomic mass is 9.99. The van der Waals surface area contributed by atoms with Crippen LogP contribution in [0.3, 0.4) is 0 Å². The average Bonchev–Trinajstić information content (AvgIpc) is 3.06. The standard InChI is InChI=1S/C19H29N5O2/c1-14-5-4-9-23(13-14)15(2)12-21-18(25)22-16-6-3-7-17(11-16)24-10-8-20-19(24)26/h3,6-7,11,14-15H,4-5,8-10,12-13H2,1-2H3,(H,20,26)(H2,21,22,25)/t14-,15+/m0/s1. The Morgan fingerprint density at radius 2 is 2.23 bits per heavy atom. The van der Waals surface area contributed by atoms with Crippen LogP contribution < -0.4 is 20.9 Å². The van der Waals surface area contributed by atoms with Crippen molar-refractivity contribution in [3.8, 4) is 0 Å². The summed E-state index contributed by atoms with van der Waals surface area (Å²) in [5.74, 6) is 0.727. The molecule has 0 saturated carbocycles. The van der Waals surface area contributed by atoms with Crippen molar-refractivity contribution < 1.29 is 9.59 Å². The van der Waals surface area contributed by atoms with Gasteiger partial charge in [-0.3, -0.25) is 9.80 Å². The number of hydrogen-bond acceptors (Lipinski definition) is 3. The second-order valence-corrected chi connectivity index (χ2v) is 7.36. The van der Waals surface area contributed by atoms with E-state index in [4.69, 9.17) is 0 Å².